The number of methoxy groups -OCH3 is 1. The van der Waals surface area contributed by atoms with Gasteiger partial charge in [0.25, 0.3) is 11.8 Å². The standard InChI is InChI=1S/C24H23N3O3/c1-17-3-7-20(8-4-17)23(28)27-22(15-18-5-9-21(30-2)10-6-18)24(29)26-16-19-11-13-25-14-12-19/h3-15H,16H2,1-2H3,(H,26,29)(H,27,28)/b22-15-. The molecule has 0 atom stereocenters. The van der Waals surface area contributed by atoms with Crippen LogP contribution in [0.3, 0.4) is 0 Å². The maximum absolute atomic E-state index is 12.8. The number of aryl methyl sites for hydroxylation is 1. The highest BCUT2D eigenvalue weighted by Gasteiger charge is 2.14. The van der Waals surface area contributed by atoms with Crippen molar-refractivity contribution < 1.29 is 14.3 Å². The summed E-state index contributed by atoms with van der Waals surface area (Å²) in [5, 5.41) is 5.57. The van der Waals surface area contributed by atoms with Gasteiger partial charge in [-0.15, -0.1) is 0 Å². The normalized spacial score (nSPS) is 10.9. The molecular weight excluding hydrogens is 378 g/mol. The third-order valence-electron chi connectivity index (χ3n) is 4.44. The SMILES string of the molecule is COc1ccc(/C=C(\NC(=O)c2ccc(C)cc2)C(=O)NCc2ccncc2)cc1. The zero-order valence-corrected chi connectivity index (χ0v) is 16.9. The first-order chi connectivity index (χ1) is 14.5. The van der Waals surface area contributed by atoms with Crippen molar-refractivity contribution in [2.75, 3.05) is 7.11 Å². The number of carbonyl (C=O) groups is 2. The van der Waals surface area contributed by atoms with Crippen LogP contribution in [0, 0.1) is 6.92 Å². The molecular formula is C24H23N3O3. The van der Waals surface area contributed by atoms with E-state index in [1.807, 2.05) is 43.3 Å². The lowest BCUT2D eigenvalue weighted by Gasteiger charge is -2.12. The number of ether oxygens (including phenoxy) is 1. The first-order valence-corrected chi connectivity index (χ1v) is 9.46. The minimum atomic E-state index is -0.386. The average Bonchev–Trinajstić information content (AvgIpc) is 2.78. The third kappa shape index (κ3) is 5.78. The van der Waals surface area contributed by atoms with Crippen LogP contribution < -0.4 is 15.4 Å². The summed E-state index contributed by atoms with van der Waals surface area (Å²) < 4.78 is 5.17. The minimum absolute atomic E-state index is 0.153. The Morgan fingerprint density at radius 3 is 2.27 bits per heavy atom. The summed E-state index contributed by atoms with van der Waals surface area (Å²) in [6.07, 6.45) is 4.96. The number of hydrogen-bond acceptors (Lipinski definition) is 4. The van der Waals surface area contributed by atoms with Crippen molar-refractivity contribution in [3.63, 3.8) is 0 Å². The van der Waals surface area contributed by atoms with Crippen molar-refractivity contribution in [1.29, 1.82) is 0 Å². The first kappa shape index (κ1) is 20.8. The Kier molecular flexibility index (Phi) is 6.95. The van der Waals surface area contributed by atoms with Gasteiger partial charge in [-0.1, -0.05) is 29.8 Å². The minimum Gasteiger partial charge on any atom is -0.497 e. The van der Waals surface area contributed by atoms with Gasteiger partial charge in [0.2, 0.25) is 0 Å². The molecule has 6 nitrogen and oxygen atoms in total. The zero-order valence-electron chi connectivity index (χ0n) is 16.9. The number of pyridine rings is 1. The second kappa shape index (κ2) is 10.0. The Labute approximate surface area is 175 Å². The summed E-state index contributed by atoms with van der Waals surface area (Å²) >= 11 is 0. The molecule has 0 saturated heterocycles. The summed E-state index contributed by atoms with van der Waals surface area (Å²) in [6.45, 7) is 2.27. The number of amides is 2. The number of benzene rings is 2. The molecule has 152 valence electrons. The van der Waals surface area contributed by atoms with Gasteiger partial charge in [-0.3, -0.25) is 14.6 Å². The first-order valence-electron chi connectivity index (χ1n) is 9.46. The van der Waals surface area contributed by atoms with Crippen molar-refractivity contribution >= 4 is 17.9 Å². The number of rotatable bonds is 7. The van der Waals surface area contributed by atoms with Gasteiger partial charge in [0.15, 0.2) is 0 Å². The lowest BCUT2D eigenvalue weighted by molar-refractivity contribution is -0.117. The van der Waals surface area contributed by atoms with E-state index in [1.54, 1.807) is 49.8 Å². The van der Waals surface area contributed by atoms with Crippen LogP contribution in [0.5, 0.6) is 5.75 Å². The molecule has 0 radical (unpaired) electrons. The Balaban J connectivity index is 1.81. The fraction of sp³-hybridized carbons (Fsp3) is 0.125. The van der Waals surface area contributed by atoms with E-state index < -0.39 is 0 Å². The quantitative estimate of drug-likeness (QED) is 0.594. The molecule has 0 aliphatic carbocycles. The smallest absolute Gasteiger partial charge is 0.268 e. The van der Waals surface area contributed by atoms with Gasteiger partial charge in [0.1, 0.15) is 11.4 Å². The largest absolute Gasteiger partial charge is 0.497 e. The molecule has 30 heavy (non-hydrogen) atoms. The number of nitrogens with one attached hydrogen (secondary N) is 2. The molecule has 0 bridgehead atoms. The second-order valence-electron chi connectivity index (χ2n) is 6.69. The highest BCUT2D eigenvalue weighted by molar-refractivity contribution is 6.05. The maximum atomic E-state index is 12.8. The van der Waals surface area contributed by atoms with Crippen LogP contribution >= 0.6 is 0 Å². The van der Waals surface area contributed by atoms with Gasteiger partial charge in [0, 0.05) is 24.5 Å². The highest BCUT2D eigenvalue weighted by Crippen LogP contribution is 2.14. The lowest BCUT2D eigenvalue weighted by atomic mass is 10.1. The molecule has 1 aromatic heterocycles. The van der Waals surface area contributed by atoms with Gasteiger partial charge >= 0.3 is 0 Å². The van der Waals surface area contributed by atoms with Crippen LogP contribution in [-0.2, 0) is 11.3 Å². The number of hydrogen-bond donors (Lipinski definition) is 2. The van der Waals surface area contributed by atoms with E-state index in [9.17, 15) is 9.59 Å². The molecule has 0 spiro atoms. The average molecular weight is 401 g/mol. The lowest BCUT2D eigenvalue weighted by Crippen LogP contribution is -2.34. The second-order valence-corrected chi connectivity index (χ2v) is 6.69. The number of carbonyl (C=O) groups excluding carboxylic acids is 2. The molecule has 2 aromatic carbocycles. The van der Waals surface area contributed by atoms with E-state index in [0.717, 1.165) is 16.7 Å². The van der Waals surface area contributed by atoms with Gasteiger partial charge < -0.3 is 15.4 Å². The van der Waals surface area contributed by atoms with E-state index in [2.05, 4.69) is 15.6 Å². The Morgan fingerprint density at radius 1 is 0.967 bits per heavy atom. The molecule has 6 heteroatoms. The maximum Gasteiger partial charge on any atom is 0.268 e. The summed E-state index contributed by atoms with van der Waals surface area (Å²) in [6, 6.07) is 18.0. The Morgan fingerprint density at radius 2 is 1.63 bits per heavy atom. The monoisotopic (exact) mass is 401 g/mol. The molecule has 2 amide bonds. The Bertz CT molecular complexity index is 1030. The van der Waals surface area contributed by atoms with Crippen molar-refractivity contribution in [2.24, 2.45) is 0 Å². The van der Waals surface area contributed by atoms with Crippen LogP contribution in [0.2, 0.25) is 0 Å². The van der Waals surface area contributed by atoms with Gasteiger partial charge in [0.05, 0.1) is 7.11 Å². The van der Waals surface area contributed by atoms with Crippen LogP contribution in [0.4, 0.5) is 0 Å². The van der Waals surface area contributed by atoms with Gasteiger partial charge in [-0.25, -0.2) is 0 Å². The van der Waals surface area contributed by atoms with E-state index in [-0.39, 0.29) is 17.5 Å². The van der Waals surface area contributed by atoms with Crippen LogP contribution in [0.15, 0.2) is 78.8 Å². The molecule has 1 heterocycles. The van der Waals surface area contributed by atoms with E-state index in [4.69, 9.17) is 4.74 Å². The van der Waals surface area contributed by atoms with E-state index in [1.165, 1.54) is 0 Å². The molecule has 3 rings (SSSR count). The Hall–Kier alpha value is -3.93. The van der Waals surface area contributed by atoms with Crippen molar-refractivity contribution in [1.82, 2.24) is 15.6 Å². The van der Waals surface area contributed by atoms with Crippen LogP contribution in [0.1, 0.15) is 27.0 Å². The summed E-state index contributed by atoms with van der Waals surface area (Å²) in [5.74, 6) is -0.0311. The van der Waals surface area contributed by atoms with Gasteiger partial charge in [-0.05, 0) is 60.5 Å². The van der Waals surface area contributed by atoms with Crippen molar-refractivity contribution in [3.8, 4) is 5.75 Å². The van der Waals surface area contributed by atoms with E-state index in [0.29, 0.717) is 17.9 Å². The summed E-state index contributed by atoms with van der Waals surface area (Å²) in [7, 11) is 1.59. The highest BCUT2D eigenvalue weighted by atomic mass is 16.5. The fourth-order valence-electron chi connectivity index (χ4n) is 2.70. The van der Waals surface area contributed by atoms with Crippen molar-refractivity contribution in [2.45, 2.75) is 13.5 Å². The van der Waals surface area contributed by atoms with E-state index >= 15 is 0 Å². The number of nitrogens with zero attached hydrogens (tertiary/aromatic N) is 1. The fourth-order valence-corrected chi connectivity index (χ4v) is 2.70. The molecule has 0 aliphatic heterocycles. The molecule has 2 N–H and O–H groups in total. The molecule has 3 aromatic rings. The zero-order chi connectivity index (χ0) is 21.3. The summed E-state index contributed by atoms with van der Waals surface area (Å²) in [4.78, 5) is 29.5. The van der Waals surface area contributed by atoms with Crippen LogP contribution in [-0.4, -0.2) is 23.9 Å². The molecule has 0 fully saturated rings. The summed E-state index contributed by atoms with van der Waals surface area (Å²) in [5.41, 5.74) is 3.35. The van der Waals surface area contributed by atoms with Crippen LogP contribution in [0.25, 0.3) is 6.08 Å². The molecule has 0 unspecified atom stereocenters. The third-order valence-corrected chi connectivity index (χ3v) is 4.44. The molecule has 0 aliphatic rings. The predicted octanol–water partition coefficient (Wildman–Crippen LogP) is 3.49. The predicted molar refractivity (Wildman–Crippen MR) is 116 cm³/mol. The topological polar surface area (TPSA) is 80.3 Å². The van der Waals surface area contributed by atoms with Gasteiger partial charge in [-0.2, -0.15) is 0 Å². The number of aromatic nitrogens is 1. The molecule has 0 saturated carbocycles. The van der Waals surface area contributed by atoms with Crippen molar-refractivity contribution in [3.05, 3.63) is 101 Å².